The first kappa shape index (κ1) is 13.8. The Kier molecular flexibility index (Phi) is 3.23. The van der Waals surface area contributed by atoms with Crippen LogP contribution in [0.25, 0.3) is 27.8 Å². The third kappa shape index (κ3) is 2.64. The van der Waals surface area contributed by atoms with E-state index in [1.165, 1.54) is 16.7 Å². The molecule has 112 valence electrons. The molecule has 0 fully saturated rings. The van der Waals surface area contributed by atoms with E-state index in [-0.39, 0.29) is 0 Å². The Morgan fingerprint density at radius 2 is 1.48 bits per heavy atom. The van der Waals surface area contributed by atoms with Crippen molar-refractivity contribution in [2.75, 3.05) is 0 Å². The fourth-order valence-corrected chi connectivity index (χ4v) is 3.06. The van der Waals surface area contributed by atoms with Gasteiger partial charge < -0.3 is 4.57 Å². The fourth-order valence-electron chi connectivity index (χ4n) is 3.06. The number of nitrogens with zero attached hydrogens (tertiary/aromatic N) is 2. The van der Waals surface area contributed by atoms with Gasteiger partial charge in [-0.05, 0) is 56.3 Å². The van der Waals surface area contributed by atoms with Gasteiger partial charge in [0.25, 0.3) is 0 Å². The van der Waals surface area contributed by atoms with Gasteiger partial charge in [0, 0.05) is 29.0 Å². The van der Waals surface area contributed by atoms with Crippen molar-refractivity contribution >= 4 is 10.9 Å². The van der Waals surface area contributed by atoms with Crippen LogP contribution in [0, 0.1) is 13.8 Å². The number of rotatable bonds is 2. The maximum absolute atomic E-state index is 4.88. The van der Waals surface area contributed by atoms with Gasteiger partial charge in [-0.25, -0.2) is 4.98 Å². The molecular formula is C21H18N2. The molecule has 0 atom stereocenters. The smallest absolute Gasteiger partial charge is 0.0730 e. The number of benzene rings is 2. The summed E-state index contributed by atoms with van der Waals surface area (Å²) in [5.74, 6) is 0. The lowest BCUT2D eigenvalue weighted by Gasteiger charge is -2.08. The van der Waals surface area contributed by atoms with Crippen LogP contribution in [-0.2, 0) is 0 Å². The van der Waals surface area contributed by atoms with E-state index in [4.69, 9.17) is 4.98 Å². The Labute approximate surface area is 136 Å². The van der Waals surface area contributed by atoms with Crippen molar-refractivity contribution in [3.63, 3.8) is 0 Å². The van der Waals surface area contributed by atoms with Crippen molar-refractivity contribution in [3.05, 3.63) is 84.2 Å². The third-order valence-corrected chi connectivity index (χ3v) is 4.10. The highest BCUT2D eigenvalue weighted by Gasteiger charge is 2.04. The normalized spacial score (nSPS) is 11.0. The van der Waals surface area contributed by atoms with Crippen LogP contribution >= 0.6 is 0 Å². The average Bonchev–Trinajstić information content (AvgIpc) is 3.07. The Bertz CT molecular complexity index is 962. The highest BCUT2D eigenvalue weighted by atomic mass is 14.9. The van der Waals surface area contributed by atoms with Crippen molar-refractivity contribution < 1.29 is 0 Å². The summed E-state index contributed by atoms with van der Waals surface area (Å²) in [5.41, 5.74) is 6.89. The molecule has 0 aliphatic rings. The zero-order valence-corrected chi connectivity index (χ0v) is 13.3. The first-order chi connectivity index (χ1) is 11.2. The predicted octanol–water partition coefficient (Wildman–Crippen LogP) is 5.31. The summed E-state index contributed by atoms with van der Waals surface area (Å²) >= 11 is 0. The zero-order chi connectivity index (χ0) is 15.8. The molecule has 23 heavy (non-hydrogen) atoms. The van der Waals surface area contributed by atoms with Gasteiger partial charge in [-0.15, -0.1) is 0 Å². The lowest BCUT2D eigenvalue weighted by Crippen LogP contribution is -1.92. The Balaban J connectivity index is 1.86. The summed E-state index contributed by atoms with van der Waals surface area (Å²) in [6, 6.07) is 21.3. The second-order valence-corrected chi connectivity index (χ2v) is 6.04. The molecule has 0 amide bonds. The van der Waals surface area contributed by atoms with Gasteiger partial charge >= 0.3 is 0 Å². The van der Waals surface area contributed by atoms with Gasteiger partial charge in [-0.3, -0.25) is 0 Å². The Hall–Kier alpha value is -2.87. The lowest BCUT2D eigenvalue weighted by atomic mass is 10.0. The molecule has 2 nitrogen and oxygen atoms in total. The van der Waals surface area contributed by atoms with E-state index in [2.05, 4.69) is 79.3 Å². The molecule has 0 spiro atoms. The van der Waals surface area contributed by atoms with E-state index >= 15 is 0 Å². The zero-order valence-electron chi connectivity index (χ0n) is 13.3. The quantitative estimate of drug-likeness (QED) is 0.490. The van der Waals surface area contributed by atoms with Gasteiger partial charge in [0.2, 0.25) is 0 Å². The van der Waals surface area contributed by atoms with E-state index in [1.54, 1.807) is 0 Å². The van der Waals surface area contributed by atoms with Crippen molar-refractivity contribution in [2.45, 2.75) is 13.8 Å². The van der Waals surface area contributed by atoms with Crippen LogP contribution < -0.4 is 0 Å². The summed E-state index contributed by atoms with van der Waals surface area (Å²) in [6.07, 6.45) is 4.10. The van der Waals surface area contributed by atoms with Crippen molar-refractivity contribution in [2.24, 2.45) is 0 Å². The summed E-state index contributed by atoms with van der Waals surface area (Å²) < 4.78 is 2.10. The first-order valence-corrected chi connectivity index (χ1v) is 7.82. The number of hydrogen-bond donors (Lipinski definition) is 0. The number of aryl methyl sites for hydroxylation is 2. The molecule has 4 rings (SSSR count). The number of fused-ring (bicyclic) bond motifs is 1. The van der Waals surface area contributed by atoms with Gasteiger partial charge in [0.15, 0.2) is 0 Å². The van der Waals surface area contributed by atoms with Crippen LogP contribution in [0.5, 0.6) is 0 Å². The van der Waals surface area contributed by atoms with Crippen molar-refractivity contribution in [1.82, 2.24) is 9.55 Å². The lowest BCUT2D eigenvalue weighted by molar-refractivity contribution is 1.08. The Morgan fingerprint density at radius 1 is 0.783 bits per heavy atom. The molecule has 0 bridgehead atoms. The summed E-state index contributed by atoms with van der Waals surface area (Å²) in [4.78, 5) is 4.88. The van der Waals surface area contributed by atoms with Crippen LogP contribution in [0.3, 0.4) is 0 Å². The number of pyridine rings is 1. The molecule has 2 heterocycles. The fraction of sp³-hybridized carbons (Fsp3) is 0.0952. The van der Waals surface area contributed by atoms with Crippen LogP contribution in [-0.4, -0.2) is 9.55 Å². The molecule has 0 aliphatic carbocycles. The number of aromatic nitrogens is 2. The van der Waals surface area contributed by atoms with Gasteiger partial charge in [-0.1, -0.05) is 29.3 Å². The van der Waals surface area contributed by atoms with Gasteiger partial charge in [0.05, 0.1) is 11.2 Å². The van der Waals surface area contributed by atoms with Crippen molar-refractivity contribution in [1.29, 1.82) is 0 Å². The predicted molar refractivity (Wildman–Crippen MR) is 96.0 cm³/mol. The second-order valence-electron chi connectivity index (χ2n) is 6.04. The minimum Gasteiger partial charge on any atom is -0.324 e. The monoisotopic (exact) mass is 298 g/mol. The standard InChI is InChI=1S/C21H18N2/c1-15-11-16(2)13-18(12-15)20-8-6-17-5-7-19(14-21(17)22-20)23-9-3-4-10-23/h3-14H,1-2H3. The molecule has 2 heteroatoms. The van der Waals surface area contributed by atoms with Gasteiger partial charge in [-0.2, -0.15) is 0 Å². The molecular weight excluding hydrogens is 280 g/mol. The van der Waals surface area contributed by atoms with Crippen molar-refractivity contribution in [3.8, 4) is 16.9 Å². The van der Waals surface area contributed by atoms with E-state index in [0.29, 0.717) is 0 Å². The van der Waals surface area contributed by atoms with E-state index in [9.17, 15) is 0 Å². The Morgan fingerprint density at radius 3 is 2.22 bits per heavy atom. The van der Waals surface area contributed by atoms with Crippen LogP contribution in [0.1, 0.15) is 11.1 Å². The highest BCUT2D eigenvalue weighted by molar-refractivity contribution is 5.83. The van der Waals surface area contributed by atoms with Crippen LogP contribution in [0.2, 0.25) is 0 Å². The number of hydrogen-bond acceptors (Lipinski definition) is 1. The van der Waals surface area contributed by atoms with E-state index in [0.717, 1.165) is 22.3 Å². The molecule has 0 N–H and O–H groups in total. The SMILES string of the molecule is Cc1cc(C)cc(-c2ccc3ccc(-n4cccc4)cc3n2)c1. The second kappa shape index (κ2) is 5.40. The largest absolute Gasteiger partial charge is 0.324 e. The van der Waals surface area contributed by atoms with E-state index < -0.39 is 0 Å². The minimum atomic E-state index is 1.02. The van der Waals surface area contributed by atoms with Crippen LogP contribution in [0.15, 0.2) is 73.1 Å². The molecule has 2 aromatic heterocycles. The van der Waals surface area contributed by atoms with E-state index in [1.807, 2.05) is 12.1 Å². The van der Waals surface area contributed by atoms with Gasteiger partial charge in [0.1, 0.15) is 0 Å². The first-order valence-electron chi connectivity index (χ1n) is 7.82. The summed E-state index contributed by atoms with van der Waals surface area (Å²) in [6.45, 7) is 4.25. The molecule has 0 saturated carbocycles. The molecule has 0 aliphatic heterocycles. The minimum absolute atomic E-state index is 1.02. The molecule has 0 radical (unpaired) electrons. The summed E-state index contributed by atoms with van der Waals surface area (Å²) in [5, 5.41) is 1.16. The molecule has 0 unspecified atom stereocenters. The maximum atomic E-state index is 4.88. The average molecular weight is 298 g/mol. The summed E-state index contributed by atoms with van der Waals surface area (Å²) in [7, 11) is 0. The topological polar surface area (TPSA) is 17.8 Å². The third-order valence-electron chi connectivity index (χ3n) is 4.10. The molecule has 4 aromatic rings. The highest BCUT2D eigenvalue weighted by Crippen LogP contribution is 2.24. The van der Waals surface area contributed by atoms with Crippen LogP contribution in [0.4, 0.5) is 0 Å². The molecule has 2 aromatic carbocycles. The maximum Gasteiger partial charge on any atom is 0.0730 e. The molecule has 0 saturated heterocycles.